The van der Waals surface area contributed by atoms with Crippen molar-refractivity contribution in [2.45, 2.75) is 19.8 Å². The SMILES string of the molecule is CCCc1ccc(-c2coc(Br)n2)cc1. The molecule has 15 heavy (non-hydrogen) atoms. The highest BCUT2D eigenvalue weighted by Crippen LogP contribution is 2.21. The Bertz CT molecular complexity index is 433. The van der Waals surface area contributed by atoms with Crippen LogP contribution in [0.25, 0.3) is 11.3 Å². The number of oxazole rings is 1. The van der Waals surface area contributed by atoms with Gasteiger partial charge >= 0.3 is 0 Å². The molecule has 1 aromatic heterocycles. The van der Waals surface area contributed by atoms with E-state index < -0.39 is 0 Å². The summed E-state index contributed by atoms with van der Waals surface area (Å²) >= 11 is 3.19. The second kappa shape index (κ2) is 4.62. The fourth-order valence-corrected chi connectivity index (χ4v) is 1.80. The standard InChI is InChI=1S/C12H12BrNO/c1-2-3-9-4-6-10(7-5-9)11-8-15-12(13)14-11/h4-8H,2-3H2,1H3. The molecule has 0 saturated heterocycles. The van der Waals surface area contributed by atoms with Crippen molar-refractivity contribution in [3.8, 4) is 11.3 Å². The third-order valence-electron chi connectivity index (χ3n) is 2.26. The second-order valence-corrected chi connectivity index (χ2v) is 4.11. The van der Waals surface area contributed by atoms with E-state index in [0.29, 0.717) is 4.80 Å². The minimum absolute atomic E-state index is 0.523. The van der Waals surface area contributed by atoms with Crippen LogP contribution in [0.15, 0.2) is 39.7 Å². The number of hydrogen-bond acceptors (Lipinski definition) is 2. The number of rotatable bonds is 3. The van der Waals surface area contributed by atoms with E-state index >= 15 is 0 Å². The Labute approximate surface area is 97.5 Å². The smallest absolute Gasteiger partial charge is 0.264 e. The van der Waals surface area contributed by atoms with Gasteiger partial charge in [-0.05, 0) is 12.0 Å². The first kappa shape index (κ1) is 10.4. The highest BCUT2D eigenvalue weighted by atomic mass is 79.9. The molecule has 0 atom stereocenters. The number of hydrogen-bond donors (Lipinski definition) is 0. The van der Waals surface area contributed by atoms with Gasteiger partial charge in [0.25, 0.3) is 4.80 Å². The molecule has 0 aliphatic rings. The molecule has 0 aliphatic heterocycles. The largest absolute Gasteiger partial charge is 0.439 e. The lowest BCUT2D eigenvalue weighted by Crippen LogP contribution is -1.83. The maximum atomic E-state index is 5.10. The molecule has 2 rings (SSSR count). The summed E-state index contributed by atoms with van der Waals surface area (Å²) in [5, 5.41) is 0. The Balaban J connectivity index is 2.23. The summed E-state index contributed by atoms with van der Waals surface area (Å²) in [6.07, 6.45) is 3.95. The van der Waals surface area contributed by atoms with E-state index in [9.17, 15) is 0 Å². The van der Waals surface area contributed by atoms with Gasteiger partial charge in [0, 0.05) is 21.5 Å². The first-order valence-electron chi connectivity index (χ1n) is 5.00. The Hall–Kier alpha value is -1.09. The Morgan fingerprint density at radius 1 is 1.27 bits per heavy atom. The van der Waals surface area contributed by atoms with Gasteiger partial charge in [-0.3, -0.25) is 0 Å². The van der Waals surface area contributed by atoms with Crippen molar-refractivity contribution < 1.29 is 4.42 Å². The van der Waals surface area contributed by atoms with E-state index in [1.807, 2.05) is 0 Å². The van der Waals surface area contributed by atoms with E-state index in [1.54, 1.807) is 6.26 Å². The summed E-state index contributed by atoms with van der Waals surface area (Å²) in [5.74, 6) is 0. The van der Waals surface area contributed by atoms with Crippen molar-refractivity contribution in [3.63, 3.8) is 0 Å². The molecular weight excluding hydrogens is 254 g/mol. The maximum absolute atomic E-state index is 5.10. The first-order chi connectivity index (χ1) is 7.29. The van der Waals surface area contributed by atoms with Gasteiger partial charge in [-0.1, -0.05) is 37.6 Å². The lowest BCUT2D eigenvalue weighted by Gasteiger charge is -1.99. The molecule has 0 spiro atoms. The summed E-state index contributed by atoms with van der Waals surface area (Å²) < 4.78 is 5.10. The predicted molar refractivity (Wildman–Crippen MR) is 63.6 cm³/mol. The van der Waals surface area contributed by atoms with Crippen LogP contribution < -0.4 is 0 Å². The number of aryl methyl sites for hydroxylation is 1. The molecule has 0 amide bonds. The molecule has 0 N–H and O–H groups in total. The zero-order valence-corrected chi connectivity index (χ0v) is 10.1. The molecule has 78 valence electrons. The van der Waals surface area contributed by atoms with Crippen molar-refractivity contribution in [1.82, 2.24) is 4.98 Å². The number of benzene rings is 1. The average Bonchev–Trinajstić information content (AvgIpc) is 2.67. The van der Waals surface area contributed by atoms with Crippen LogP contribution >= 0.6 is 15.9 Å². The van der Waals surface area contributed by atoms with Gasteiger partial charge in [-0.15, -0.1) is 0 Å². The quantitative estimate of drug-likeness (QED) is 0.837. The molecule has 3 heteroatoms. The monoisotopic (exact) mass is 265 g/mol. The van der Waals surface area contributed by atoms with Crippen LogP contribution in [0.4, 0.5) is 0 Å². The maximum Gasteiger partial charge on any atom is 0.264 e. The molecule has 0 saturated carbocycles. The molecule has 0 fully saturated rings. The Morgan fingerprint density at radius 2 is 2.00 bits per heavy atom. The van der Waals surface area contributed by atoms with Crippen LogP contribution in [-0.2, 0) is 6.42 Å². The minimum atomic E-state index is 0.523. The van der Waals surface area contributed by atoms with Crippen LogP contribution in [-0.4, -0.2) is 4.98 Å². The summed E-state index contributed by atoms with van der Waals surface area (Å²) in [6, 6.07) is 8.44. The van der Waals surface area contributed by atoms with E-state index in [0.717, 1.165) is 17.7 Å². The Morgan fingerprint density at radius 3 is 2.53 bits per heavy atom. The van der Waals surface area contributed by atoms with Crippen LogP contribution in [0.1, 0.15) is 18.9 Å². The number of aromatic nitrogens is 1. The zero-order valence-electron chi connectivity index (χ0n) is 8.53. The van der Waals surface area contributed by atoms with Gasteiger partial charge < -0.3 is 4.42 Å². The molecule has 2 nitrogen and oxygen atoms in total. The highest BCUT2D eigenvalue weighted by Gasteiger charge is 2.03. The van der Waals surface area contributed by atoms with Crippen LogP contribution in [0.2, 0.25) is 0 Å². The fraction of sp³-hybridized carbons (Fsp3) is 0.250. The Kier molecular flexibility index (Phi) is 3.21. The summed E-state index contributed by atoms with van der Waals surface area (Å²) in [4.78, 5) is 4.73. The molecule has 2 aromatic rings. The minimum Gasteiger partial charge on any atom is -0.439 e. The van der Waals surface area contributed by atoms with E-state index in [-0.39, 0.29) is 0 Å². The van der Waals surface area contributed by atoms with Crippen molar-refractivity contribution in [2.24, 2.45) is 0 Å². The normalized spacial score (nSPS) is 10.5. The fourth-order valence-electron chi connectivity index (χ4n) is 1.52. The van der Waals surface area contributed by atoms with Gasteiger partial charge in [0.2, 0.25) is 0 Å². The van der Waals surface area contributed by atoms with Crippen molar-refractivity contribution in [2.75, 3.05) is 0 Å². The first-order valence-corrected chi connectivity index (χ1v) is 5.79. The third-order valence-corrected chi connectivity index (χ3v) is 2.63. The molecule has 0 radical (unpaired) electrons. The van der Waals surface area contributed by atoms with Crippen molar-refractivity contribution in [1.29, 1.82) is 0 Å². The van der Waals surface area contributed by atoms with Gasteiger partial charge in [0.1, 0.15) is 12.0 Å². The third kappa shape index (κ3) is 2.48. The van der Waals surface area contributed by atoms with Crippen LogP contribution in [0.3, 0.4) is 0 Å². The van der Waals surface area contributed by atoms with Gasteiger partial charge in [-0.25, -0.2) is 4.98 Å². The summed E-state index contributed by atoms with van der Waals surface area (Å²) in [5.41, 5.74) is 3.32. The van der Waals surface area contributed by atoms with Gasteiger partial charge in [0.15, 0.2) is 0 Å². The molecule has 0 unspecified atom stereocenters. The van der Waals surface area contributed by atoms with Gasteiger partial charge in [-0.2, -0.15) is 0 Å². The zero-order chi connectivity index (χ0) is 10.7. The number of halogens is 1. The van der Waals surface area contributed by atoms with Gasteiger partial charge in [0.05, 0.1) is 0 Å². The molecule has 0 bridgehead atoms. The summed E-state index contributed by atoms with van der Waals surface area (Å²) in [6.45, 7) is 2.18. The number of nitrogens with zero attached hydrogens (tertiary/aromatic N) is 1. The van der Waals surface area contributed by atoms with Crippen molar-refractivity contribution >= 4 is 15.9 Å². The summed E-state index contributed by atoms with van der Waals surface area (Å²) in [7, 11) is 0. The van der Waals surface area contributed by atoms with Crippen LogP contribution in [0, 0.1) is 0 Å². The lowest BCUT2D eigenvalue weighted by atomic mass is 10.1. The van der Waals surface area contributed by atoms with E-state index in [4.69, 9.17) is 4.42 Å². The second-order valence-electron chi connectivity index (χ2n) is 3.43. The average molecular weight is 266 g/mol. The predicted octanol–water partition coefficient (Wildman–Crippen LogP) is 4.06. The van der Waals surface area contributed by atoms with Crippen LogP contribution in [0.5, 0.6) is 0 Å². The topological polar surface area (TPSA) is 26.0 Å². The molecule has 0 aliphatic carbocycles. The highest BCUT2D eigenvalue weighted by molar-refractivity contribution is 9.10. The molecular formula is C12H12BrNO. The lowest BCUT2D eigenvalue weighted by molar-refractivity contribution is 0.529. The molecule has 1 aromatic carbocycles. The van der Waals surface area contributed by atoms with E-state index in [1.165, 1.54) is 12.0 Å². The van der Waals surface area contributed by atoms with Crippen molar-refractivity contribution in [3.05, 3.63) is 40.9 Å². The van der Waals surface area contributed by atoms with E-state index in [2.05, 4.69) is 52.1 Å². The molecule has 1 heterocycles.